The number of hydrogen-bond donors (Lipinski definition) is 2. The number of alkyl halides is 3. The second-order valence-corrected chi connectivity index (χ2v) is 3.80. The second-order valence-electron chi connectivity index (χ2n) is 3.80. The molecule has 0 aliphatic heterocycles. The lowest BCUT2D eigenvalue weighted by atomic mass is 10.2. The van der Waals surface area contributed by atoms with Crippen LogP contribution in [-0.4, -0.2) is 30.4 Å². The molecule has 0 aromatic heterocycles. The lowest BCUT2D eigenvalue weighted by Gasteiger charge is -2.10. The molecule has 0 spiro atoms. The van der Waals surface area contributed by atoms with Crippen molar-refractivity contribution in [3.63, 3.8) is 0 Å². The lowest BCUT2D eigenvalue weighted by molar-refractivity contribution is -0.153. The molecule has 0 fully saturated rings. The van der Waals surface area contributed by atoms with Crippen molar-refractivity contribution in [3.8, 4) is 5.75 Å². The molecule has 0 unspecified atom stereocenters. The molecule has 4 nitrogen and oxygen atoms in total. The Labute approximate surface area is 108 Å². The zero-order valence-electron chi connectivity index (χ0n) is 10.0. The van der Waals surface area contributed by atoms with E-state index in [0.29, 0.717) is 12.1 Å². The Bertz CT molecular complexity index is 404. The quantitative estimate of drug-likeness (QED) is 0.839. The summed E-state index contributed by atoms with van der Waals surface area (Å²) in [4.78, 5) is 11.3. The molecule has 0 aliphatic carbocycles. The first-order valence-corrected chi connectivity index (χ1v) is 5.61. The number of amides is 1. The third kappa shape index (κ3) is 6.66. The minimum atomic E-state index is -4.38. The van der Waals surface area contributed by atoms with Gasteiger partial charge in [0.2, 0.25) is 5.91 Å². The topological polar surface area (TPSA) is 58.6 Å². The third-order valence-corrected chi connectivity index (χ3v) is 2.10. The maximum Gasteiger partial charge on any atom is 0.422 e. The van der Waals surface area contributed by atoms with E-state index in [1.165, 1.54) is 24.3 Å². The van der Waals surface area contributed by atoms with Crippen molar-refractivity contribution < 1.29 is 27.8 Å². The van der Waals surface area contributed by atoms with Crippen LogP contribution in [0.3, 0.4) is 0 Å². The Kier molecular flexibility index (Phi) is 5.62. The summed E-state index contributed by atoms with van der Waals surface area (Å²) in [5.74, 6) is -0.191. The SMILES string of the molecule is O=C(CCCO)Nc1ccc(OCC(F)(F)F)cc1. The molecule has 1 rings (SSSR count). The molecular weight excluding hydrogens is 263 g/mol. The Morgan fingerprint density at radius 3 is 2.42 bits per heavy atom. The van der Waals surface area contributed by atoms with Gasteiger partial charge in [0.25, 0.3) is 0 Å². The number of aliphatic hydroxyl groups is 1. The first-order valence-electron chi connectivity index (χ1n) is 5.61. The molecule has 0 saturated carbocycles. The van der Waals surface area contributed by atoms with Crippen molar-refractivity contribution in [2.45, 2.75) is 19.0 Å². The number of carbonyl (C=O) groups is 1. The molecular formula is C12H14F3NO3. The van der Waals surface area contributed by atoms with E-state index in [9.17, 15) is 18.0 Å². The molecule has 19 heavy (non-hydrogen) atoms. The zero-order chi connectivity index (χ0) is 14.3. The van der Waals surface area contributed by atoms with Crippen molar-refractivity contribution >= 4 is 11.6 Å². The largest absolute Gasteiger partial charge is 0.484 e. The Balaban J connectivity index is 2.45. The van der Waals surface area contributed by atoms with Crippen molar-refractivity contribution in [2.75, 3.05) is 18.5 Å². The van der Waals surface area contributed by atoms with Crippen LogP contribution >= 0.6 is 0 Å². The highest BCUT2D eigenvalue weighted by atomic mass is 19.4. The van der Waals surface area contributed by atoms with E-state index in [0.717, 1.165) is 0 Å². The summed E-state index contributed by atoms with van der Waals surface area (Å²) in [5.41, 5.74) is 0.460. The van der Waals surface area contributed by atoms with Crippen LogP contribution in [0.4, 0.5) is 18.9 Å². The van der Waals surface area contributed by atoms with Gasteiger partial charge >= 0.3 is 6.18 Å². The van der Waals surface area contributed by atoms with Crippen LogP contribution in [0, 0.1) is 0 Å². The number of rotatable bonds is 6. The van der Waals surface area contributed by atoms with Crippen molar-refractivity contribution in [2.24, 2.45) is 0 Å². The van der Waals surface area contributed by atoms with Crippen LogP contribution in [0.2, 0.25) is 0 Å². The molecule has 0 heterocycles. The van der Waals surface area contributed by atoms with Crippen molar-refractivity contribution in [3.05, 3.63) is 24.3 Å². The van der Waals surface area contributed by atoms with E-state index in [1.54, 1.807) is 0 Å². The molecule has 1 aromatic carbocycles. The number of ether oxygens (including phenoxy) is 1. The Hall–Kier alpha value is -1.76. The molecule has 2 N–H and O–H groups in total. The van der Waals surface area contributed by atoms with Gasteiger partial charge in [-0.05, 0) is 30.7 Å². The Morgan fingerprint density at radius 2 is 1.89 bits per heavy atom. The van der Waals surface area contributed by atoms with E-state index in [4.69, 9.17) is 5.11 Å². The van der Waals surface area contributed by atoms with Gasteiger partial charge in [-0.15, -0.1) is 0 Å². The number of benzene rings is 1. The summed E-state index contributed by atoms with van der Waals surface area (Å²) in [6.45, 7) is -1.42. The van der Waals surface area contributed by atoms with Crippen LogP contribution in [-0.2, 0) is 4.79 Å². The standard InChI is InChI=1S/C12H14F3NO3/c13-12(14,15)8-19-10-5-3-9(4-6-10)16-11(18)2-1-7-17/h3-6,17H,1-2,7-8H2,(H,16,18). The van der Waals surface area contributed by atoms with Gasteiger partial charge in [-0.25, -0.2) is 0 Å². The van der Waals surface area contributed by atoms with Gasteiger partial charge < -0.3 is 15.2 Å². The fourth-order valence-corrected chi connectivity index (χ4v) is 1.26. The molecule has 106 valence electrons. The summed E-state index contributed by atoms with van der Waals surface area (Å²) < 4.78 is 40.3. The van der Waals surface area contributed by atoms with Crippen molar-refractivity contribution in [1.29, 1.82) is 0 Å². The normalized spacial score (nSPS) is 11.2. The van der Waals surface area contributed by atoms with Crippen LogP contribution < -0.4 is 10.1 Å². The number of anilines is 1. The molecule has 0 saturated heterocycles. The number of hydrogen-bond acceptors (Lipinski definition) is 3. The first-order chi connectivity index (χ1) is 8.90. The molecule has 0 radical (unpaired) electrons. The van der Waals surface area contributed by atoms with E-state index in [2.05, 4.69) is 10.1 Å². The highest BCUT2D eigenvalue weighted by Crippen LogP contribution is 2.20. The second kappa shape index (κ2) is 6.98. The monoisotopic (exact) mass is 277 g/mol. The zero-order valence-corrected chi connectivity index (χ0v) is 10.0. The molecule has 1 amide bonds. The highest BCUT2D eigenvalue weighted by Gasteiger charge is 2.28. The van der Waals surface area contributed by atoms with Gasteiger partial charge in [-0.1, -0.05) is 0 Å². The molecule has 7 heteroatoms. The average Bonchev–Trinajstić information content (AvgIpc) is 2.34. The van der Waals surface area contributed by atoms with Crippen LogP contribution in [0.5, 0.6) is 5.75 Å². The van der Waals surface area contributed by atoms with E-state index in [1.807, 2.05) is 0 Å². The van der Waals surface area contributed by atoms with Crippen LogP contribution in [0.1, 0.15) is 12.8 Å². The molecule has 0 bridgehead atoms. The summed E-state index contributed by atoms with van der Waals surface area (Å²) in [7, 11) is 0. The predicted octanol–water partition coefficient (Wildman–Crippen LogP) is 2.34. The maximum absolute atomic E-state index is 11.9. The Morgan fingerprint density at radius 1 is 1.26 bits per heavy atom. The minimum Gasteiger partial charge on any atom is -0.484 e. The summed E-state index contributed by atoms with van der Waals surface area (Å²) in [6, 6.07) is 5.58. The molecule has 0 aliphatic rings. The smallest absolute Gasteiger partial charge is 0.422 e. The number of nitrogens with one attached hydrogen (secondary N) is 1. The van der Waals surface area contributed by atoms with Crippen LogP contribution in [0.15, 0.2) is 24.3 Å². The van der Waals surface area contributed by atoms with Gasteiger partial charge in [0.15, 0.2) is 6.61 Å². The third-order valence-electron chi connectivity index (χ3n) is 2.10. The summed E-state index contributed by atoms with van der Waals surface area (Å²) >= 11 is 0. The van der Waals surface area contributed by atoms with Gasteiger partial charge in [0.1, 0.15) is 5.75 Å². The van der Waals surface area contributed by atoms with E-state index < -0.39 is 12.8 Å². The van der Waals surface area contributed by atoms with E-state index in [-0.39, 0.29) is 24.7 Å². The van der Waals surface area contributed by atoms with E-state index >= 15 is 0 Å². The first kappa shape index (κ1) is 15.3. The molecule has 1 aromatic rings. The number of halogens is 3. The van der Waals surface area contributed by atoms with Crippen molar-refractivity contribution in [1.82, 2.24) is 0 Å². The fraction of sp³-hybridized carbons (Fsp3) is 0.417. The molecule has 0 atom stereocenters. The predicted molar refractivity (Wildman–Crippen MR) is 62.9 cm³/mol. The van der Waals surface area contributed by atoms with Gasteiger partial charge in [-0.2, -0.15) is 13.2 Å². The minimum absolute atomic E-state index is 0.0718. The van der Waals surface area contributed by atoms with Gasteiger partial charge in [-0.3, -0.25) is 4.79 Å². The average molecular weight is 277 g/mol. The maximum atomic E-state index is 11.9. The fourth-order valence-electron chi connectivity index (χ4n) is 1.26. The summed E-state index contributed by atoms with van der Waals surface area (Å²) in [6.07, 6.45) is -3.83. The van der Waals surface area contributed by atoms with Crippen LogP contribution in [0.25, 0.3) is 0 Å². The number of aliphatic hydroxyl groups excluding tert-OH is 1. The highest BCUT2D eigenvalue weighted by molar-refractivity contribution is 5.90. The number of carbonyl (C=O) groups excluding carboxylic acids is 1. The lowest BCUT2D eigenvalue weighted by Crippen LogP contribution is -2.19. The van der Waals surface area contributed by atoms with Gasteiger partial charge in [0, 0.05) is 18.7 Å². The summed E-state index contributed by atoms with van der Waals surface area (Å²) in [5, 5.41) is 11.1. The van der Waals surface area contributed by atoms with Gasteiger partial charge in [0.05, 0.1) is 0 Å².